The Balaban J connectivity index is 0.000000396. The van der Waals surface area contributed by atoms with Crippen LogP contribution in [0.2, 0.25) is 0 Å². The Labute approximate surface area is 129 Å². The summed E-state index contributed by atoms with van der Waals surface area (Å²) in [5.74, 6) is -0.833. The van der Waals surface area contributed by atoms with E-state index in [0.717, 1.165) is 38.4 Å². The molecule has 1 aliphatic rings. The SMILES string of the molecule is CC(=O)O.NC1(c2ccc(-c3cn[nH]c3)cc2)CCNCC1. The molecule has 0 unspecified atom stereocenters. The Morgan fingerprint density at radius 3 is 2.32 bits per heavy atom. The molecule has 0 radical (unpaired) electrons. The minimum Gasteiger partial charge on any atom is -0.481 e. The molecule has 6 heteroatoms. The van der Waals surface area contributed by atoms with Crippen LogP contribution in [0.3, 0.4) is 0 Å². The summed E-state index contributed by atoms with van der Waals surface area (Å²) in [7, 11) is 0. The largest absolute Gasteiger partial charge is 0.481 e. The van der Waals surface area contributed by atoms with Gasteiger partial charge < -0.3 is 16.2 Å². The smallest absolute Gasteiger partial charge is 0.300 e. The standard InChI is InChI=1S/C14H18N4.C2H4O2/c15-14(5-7-16-8-6-14)13-3-1-11(2-4-13)12-9-17-18-10-12;1-2(3)4/h1-4,9-10,16H,5-8,15H2,(H,17,18);1H3,(H,3,4). The van der Waals surface area contributed by atoms with Gasteiger partial charge in [-0.25, -0.2) is 0 Å². The predicted octanol–water partition coefficient (Wildman–Crippen LogP) is 1.70. The first-order chi connectivity index (χ1) is 10.5. The number of rotatable bonds is 2. The second-order valence-electron chi connectivity index (χ2n) is 5.49. The Kier molecular flexibility index (Phi) is 5.30. The first-order valence-corrected chi connectivity index (χ1v) is 7.30. The van der Waals surface area contributed by atoms with E-state index in [0.29, 0.717) is 0 Å². The minimum absolute atomic E-state index is 0.166. The molecule has 118 valence electrons. The van der Waals surface area contributed by atoms with Gasteiger partial charge in [0.2, 0.25) is 0 Å². The molecule has 1 aromatic heterocycles. The monoisotopic (exact) mass is 302 g/mol. The highest BCUT2D eigenvalue weighted by atomic mass is 16.4. The number of nitrogens with zero attached hydrogens (tertiary/aromatic N) is 1. The van der Waals surface area contributed by atoms with E-state index in [1.54, 1.807) is 0 Å². The fraction of sp³-hybridized carbons (Fsp3) is 0.375. The number of nitrogens with two attached hydrogens (primary N) is 1. The zero-order valence-corrected chi connectivity index (χ0v) is 12.7. The fourth-order valence-electron chi connectivity index (χ4n) is 2.56. The summed E-state index contributed by atoms with van der Waals surface area (Å²) in [6.07, 6.45) is 5.73. The Hall–Kier alpha value is -2.18. The van der Waals surface area contributed by atoms with Gasteiger partial charge in [0.15, 0.2) is 0 Å². The van der Waals surface area contributed by atoms with Crippen molar-refractivity contribution >= 4 is 5.97 Å². The van der Waals surface area contributed by atoms with Crippen LogP contribution in [-0.2, 0) is 10.3 Å². The second-order valence-corrected chi connectivity index (χ2v) is 5.49. The van der Waals surface area contributed by atoms with Crippen LogP contribution in [0.15, 0.2) is 36.7 Å². The predicted molar refractivity (Wildman–Crippen MR) is 85.3 cm³/mol. The molecule has 1 fully saturated rings. The number of H-pyrrole nitrogens is 1. The van der Waals surface area contributed by atoms with Gasteiger partial charge in [-0.15, -0.1) is 0 Å². The molecule has 0 amide bonds. The summed E-state index contributed by atoms with van der Waals surface area (Å²) >= 11 is 0. The van der Waals surface area contributed by atoms with E-state index < -0.39 is 5.97 Å². The first-order valence-electron chi connectivity index (χ1n) is 7.30. The normalized spacial score (nSPS) is 16.5. The van der Waals surface area contributed by atoms with Gasteiger partial charge in [-0.05, 0) is 37.1 Å². The Morgan fingerprint density at radius 2 is 1.82 bits per heavy atom. The molecule has 0 aliphatic carbocycles. The number of carboxylic acid groups (broad SMARTS) is 1. The molecule has 3 rings (SSSR count). The van der Waals surface area contributed by atoms with Crippen molar-refractivity contribution in [3.8, 4) is 11.1 Å². The lowest BCUT2D eigenvalue weighted by atomic mass is 9.82. The highest BCUT2D eigenvalue weighted by molar-refractivity contribution is 5.63. The summed E-state index contributed by atoms with van der Waals surface area (Å²) in [6.45, 7) is 3.08. The quantitative estimate of drug-likeness (QED) is 0.676. The van der Waals surface area contributed by atoms with E-state index in [4.69, 9.17) is 15.6 Å². The molecule has 1 aromatic carbocycles. The first kappa shape index (κ1) is 16.2. The fourth-order valence-corrected chi connectivity index (χ4v) is 2.56. The number of hydrogen-bond acceptors (Lipinski definition) is 4. The highest BCUT2D eigenvalue weighted by Gasteiger charge is 2.28. The van der Waals surface area contributed by atoms with E-state index >= 15 is 0 Å². The lowest BCUT2D eigenvalue weighted by Gasteiger charge is -2.34. The van der Waals surface area contributed by atoms with Gasteiger partial charge >= 0.3 is 0 Å². The van der Waals surface area contributed by atoms with Crippen molar-refractivity contribution in [2.24, 2.45) is 5.73 Å². The van der Waals surface area contributed by atoms with Crippen molar-refractivity contribution in [3.63, 3.8) is 0 Å². The van der Waals surface area contributed by atoms with Crippen LogP contribution in [-0.4, -0.2) is 34.4 Å². The van der Waals surface area contributed by atoms with Gasteiger partial charge in [0.05, 0.1) is 6.20 Å². The van der Waals surface area contributed by atoms with Crippen molar-refractivity contribution in [1.29, 1.82) is 0 Å². The van der Waals surface area contributed by atoms with Crippen LogP contribution >= 0.6 is 0 Å². The molecule has 22 heavy (non-hydrogen) atoms. The summed E-state index contributed by atoms with van der Waals surface area (Å²) < 4.78 is 0. The number of aromatic amines is 1. The molecule has 2 aromatic rings. The molecular weight excluding hydrogens is 280 g/mol. The number of carboxylic acids is 1. The van der Waals surface area contributed by atoms with Crippen molar-refractivity contribution in [3.05, 3.63) is 42.2 Å². The van der Waals surface area contributed by atoms with Crippen LogP contribution in [0, 0.1) is 0 Å². The van der Waals surface area contributed by atoms with Crippen molar-refractivity contribution in [1.82, 2.24) is 15.5 Å². The zero-order valence-electron chi connectivity index (χ0n) is 12.7. The molecule has 0 bridgehead atoms. The van der Waals surface area contributed by atoms with Crippen molar-refractivity contribution in [2.75, 3.05) is 13.1 Å². The van der Waals surface area contributed by atoms with E-state index in [1.165, 1.54) is 11.1 Å². The lowest BCUT2D eigenvalue weighted by molar-refractivity contribution is -0.134. The molecule has 2 heterocycles. The van der Waals surface area contributed by atoms with Crippen LogP contribution in [0.4, 0.5) is 0 Å². The van der Waals surface area contributed by atoms with Crippen LogP contribution in [0.5, 0.6) is 0 Å². The van der Waals surface area contributed by atoms with Gasteiger partial charge in [-0.2, -0.15) is 5.10 Å². The Morgan fingerprint density at radius 1 is 1.23 bits per heavy atom. The number of hydrogen-bond donors (Lipinski definition) is 4. The zero-order chi connectivity index (χ0) is 16.0. The third kappa shape index (κ3) is 4.16. The van der Waals surface area contributed by atoms with Crippen molar-refractivity contribution in [2.45, 2.75) is 25.3 Å². The molecule has 0 atom stereocenters. The second kappa shape index (κ2) is 7.20. The summed E-state index contributed by atoms with van der Waals surface area (Å²) in [6, 6.07) is 8.54. The number of piperidine rings is 1. The number of benzene rings is 1. The third-order valence-corrected chi connectivity index (χ3v) is 3.79. The third-order valence-electron chi connectivity index (χ3n) is 3.79. The maximum atomic E-state index is 9.00. The number of aromatic nitrogens is 2. The molecule has 1 saturated heterocycles. The average molecular weight is 302 g/mol. The maximum Gasteiger partial charge on any atom is 0.300 e. The van der Waals surface area contributed by atoms with Gasteiger partial charge in [0.25, 0.3) is 5.97 Å². The van der Waals surface area contributed by atoms with Crippen LogP contribution < -0.4 is 11.1 Å². The van der Waals surface area contributed by atoms with E-state index in [2.05, 4.69) is 39.8 Å². The van der Waals surface area contributed by atoms with Gasteiger partial charge in [0.1, 0.15) is 0 Å². The molecule has 0 saturated carbocycles. The molecular formula is C16H22N4O2. The van der Waals surface area contributed by atoms with E-state index in [-0.39, 0.29) is 5.54 Å². The van der Waals surface area contributed by atoms with Gasteiger partial charge in [-0.1, -0.05) is 24.3 Å². The van der Waals surface area contributed by atoms with Crippen LogP contribution in [0.25, 0.3) is 11.1 Å². The summed E-state index contributed by atoms with van der Waals surface area (Å²) in [5, 5.41) is 17.6. The average Bonchev–Trinajstić information content (AvgIpc) is 3.02. The van der Waals surface area contributed by atoms with E-state index in [1.807, 2.05) is 12.4 Å². The van der Waals surface area contributed by atoms with Crippen LogP contribution in [0.1, 0.15) is 25.3 Å². The highest BCUT2D eigenvalue weighted by Crippen LogP contribution is 2.29. The minimum atomic E-state index is -0.833. The van der Waals surface area contributed by atoms with Crippen molar-refractivity contribution < 1.29 is 9.90 Å². The lowest BCUT2D eigenvalue weighted by Crippen LogP contribution is -2.46. The van der Waals surface area contributed by atoms with E-state index in [9.17, 15) is 0 Å². The number of aliphatic carboxylic acids is 1. The van der Waals surface area contributed by atoms with Gasteiger partial charge in [-0.3, -0.25) is 9.89 Å². The molecule has 6 nitrogen and oxygen atoms in total. The molecule has 0 spiro atoms. The number of carbonyl (C=O) groups is 1. The van der Waals surface area contributed by atoms with Gasteiger partial charge in [0, 0.05) is 24.2 Å². The summed E-state index contributed by atoms with van der Waals surface area (Å²) in [5.41, 5.74) is 9.84. The molecule has 1 aliphatic heterocycles. The Bertz CT molecular complexity index is 583. The number of nitrogens with one attached hydrogen (secondary N) is 2. The topological polar surface area (TPSA) is 104 Å². The summed E-state index contributed by atoms with van der Waals surface area (Å²) in [4.78, 5) is 9.00. The maximum absolute atomic E-state index is 9.00. The molecule has 5 N–H and O–H groups in total.